The fourth-order valence-electron chi connectivity index (χ4n) is 2.98. The lowest BCUT2D eigenvalue weighted by Crippen LogP contribution is -2.37. The van der Waals surface area contributed by atoms with Gasteiger partial charge in [-0.2, -0.15) is 0 Å². The van der Waals surface area contributed by atoms with E-state index in [0.717, 1.165) is 12.0 Å². The molecule has 2 aromatic rings. The maximum atomic E-state index is 12.5. The molecule has 0 spiro atoms. The molecule has 0 saturated heterocycles. The first-order chi connectivity index (χ1) is 14.2. The highest BCUT2D eigenvalue weighted by molar-refractivity contribution is 5.80. The van der Waals surface area contributed by atoms with Gasteiger partial charge in [-0.25, -0.2) is 0 Å². The second-order valence-electron chi connectivity index (χ2n) is 6.49. The molecule has 0 aliphatic heterocycles. The van der Waals surface area contributed by atoms with Gasteiger partial charge in [0.15, 0.2) is 11.5 Å². The molecule has 0 unspecified atom stereocenters. The van der Waals surface area contributed by atoms with Crippen LogP contribution in [0, 0.1) is 12.3 Å². The minimum absolute atomic E-state index is 0.0799. The molecule has 0 aromatic heterocycles. The molecular formula is C24H29NO4. The van der Waals surface area contributed by atoms with Crippen LogP contribution in [0.25, 0.3) is 0 Å². The maximum absolute atomic E-state index is 12.5. The van der Waals surface area contributed by atoms with Crippen LogP contribution in [-0.4, -0.2) is 38.9 Å². The van der Waals surface area contributed by atoms with Crippen LogP contribution < -0.4 is 14.8 Å². The molecule has 0 fully saturated rings. The van der Waals surface area contributed by atoms with Crippen molar-refractivity contribution in [1.82, 2.24) is 5.32 Å². The van der Waals surface area contributed by atoms with Crippen molar-refractivity contribution in [1.29, 1.82) is 0 Å². The maximum Gasteiger partial charge on any atom is 0.249 e. The molecule has 1 N–H and O–H groups in total. The number of ether oxygens (including phenoxy) is 3. The third-order valence-corrected chi connectivity index (χ3v) is 4.45. The van der Waals surface area contributed by atoms with Crippen LogP contribution in [-0.2, 0) is 22.4 Å². The van der Waals surface area contributed by atoms with Crippen molar-refractivity contribution < 1.29 is 19.0 Å². The number of hydrogen-bond acceptors (Lipinski definition) is 4. The number of carbonyl (C=O) groups excluding carboxylic acids is 1. The van der Waals surface area contributed by atoms with E-state index in [-0.39, 0.29) is 12.5 Å². The molecule has 5 nitrogen and oxygen atoms in total. The van der Waals surface area contributed by atoms with Crippen LogP contribution in [0.15, 0.2) is 48.5 Å². The number of nitrogens with one attached hydrogen (secondary N) is 1. The minimum atomic E-state index is -0.450. The Morgan fingerprint density at radius 2 is 1.90 bits per heavy atom. The highest BCUT2D eigenvalue weighted by Gasteiger charge is 2.18. The Labute approximate surface area is 173 Å². The number of rotatable bonds is 12. The van der Waals surface area contributed by atoms with E-state index >= 15 is 0 Å². The fraction of sp³-hybridized carbons (Fsp3) is 0.375. The summed E-state index contributed by atoms with van der Waals surface area (Å²) in [6, 6.07) is 15.8. The standard InChI is InChI=1S/C24H29NO4/c1-4-17-29-21-13-12-20(18-23(21)27-3)15-16-25-24(26)22(28-5-2)14-11-19-9-7-6-8-10-19/h1,6-10,12-13,18,22H,5,11,14-17H2,2-3H3,(H,25,26)/t22-/m1/s1. The molecule has 0 bridgehead atoms. The van der Waals surface area contributed by atoms with Crippen LogP contribution in [0.1, 0.15) is 24.5 Å². The zero-order valence-electron chi connectivity index (χ0n) is 17.1. The van der Waals surface area contributed by atoms with E-state index < -0.39 is 6.10 Å². The molecule has 0 radical (unpaired) electrons. The third kappa shape index (κ3) is 7.52. The van der Waals surface area contributed by atoms with Crippen molar-refractivity contribution in [2.45, 2.75) is 32.3 Å². The average Bonchev–Trinajstić information content (AvgIpc) is 2.76. The summed E-state index contributed by atoms with van der Waals surface area (Å²) in [5.74, 6) is 3.58. The Kier molecular flexibility index (Phi) is 9.61. The lowest BCUT2D eigenvalue weighted by Gasteiger charge is -2.17. The molecule has 2 rings (SSSR count). The molecule has 1 atom stereocenters. The number of benzene rings is 2. The summed E-state index contributed by atoms with van der Waals surface area (Å²) in [7, 11) is 1.59. The second-order valence-corrected chi connectivity index (χ2v) is 6.49. The quantitative estimate of drug-likeness (QED) is 0.560. The van der Waals surface area contributed by atoms with Gasteiger partial charge in [0.25, 0.3) is 0 Å². The van der Waals surface area contributed by atoms with E-state index in [1.165, 1.54) is 5.56 Å². The van der Waals surface area contributed by atoms with Gasteiger partial charge in [-0.3, -0.25) is 4.79 Å². The predicted molar refractivity (Wildman–Crippen MR) is 114 cm³/mol. The van der Waals surface area contributed by atoms with Gasteiger partial charge in [0.1, 0.15) is 12.7 Å². The molecule has 154 valence electrons. The summed E-state index contributed by atoms with van der Waals surface area (Å²) < 4.78 is 16.5. The fourth-order valence-corrected chi connectivity index (χ4v) is 2.98. The van der Waals surface area contributed by atoms with Crippen molar-refractivity contribution in [2.24, 2.45) is 0 Å². The van der Waals surface area contributed by atoms with Gasteiger partial charge in [-0.05, 0) is 49.4 Å². The van der Waals surface area contributed by atoms with Crippen molar-refractivity contribution in [2.75, 3.05) is 26.9 Å². The van der Waals surface area contributed by atoms with E-state index in [1.54, 1.807) is 7.11 Å². The van der Waals surface area contributed by atoms with Crippen LogP contribution in [0.5, 0.6) is 11.5 Å². The highest BCUT2D eigenvalue weighted by atomic mass is 16.5. The lowest BCUT2D eigenvalue weighted by molar-refractivity contribution is -0.132. The number of carbonyl (C=O) groups is 1. The van der Waals surface area contributed by atoms with Gasteiger partial charge in [-0.1, -0.05) is 42.3 Å². The number of hydrogen-bond donors (Lipinski definition) is 1. The first-order valence-corrected chi connectivity index (χ1v) is 9.84. The first kappa shape index (κ1) is 22.3. The summed E-state index contributed by atoms with van der Waals surface area (Å²) in [4.78, 5) is 12.5. The van der Waals surface area contributed by atoms with Crippen LogP contribution in [0.2, 0.25) is 0 Å². The van der Waals surface area contributed by atoms with Gasteiger partial charge in [0, 0.05) is 13.2 Å². The Bertz CT molecular complexity index is 798. The van der Waals surface area contributed by atoms with Gasteiger partial charge in [-0.15, -0.1) is 6.42 Å². The number of amides is 1. The van der Waals surface area contributed by atoms with Crippen molar-refractivity contribution in [3.8, 4) is 23.8 Å². The summed E-state index contributed by atoms with van der Waals surface area (Å²) in [5, 5.41) is 2.98. The van der Waals surface area contributed by atoms with E-state index in [9.17, 15) is 4.79 Å². The van der Waals surface area contributed by atoms with Gasteiger partial charge in [0.2, 0.25) is 5.91 Å². The van der Waals surface area contributed by atoms with E-state index in [0.29, 0.717) is 37.5 Å². The normalized spacial score (nSPS) is 11.3. The molecule has 1 amide bonds. The molecule has 5 heteroatoms. The molecule has 29 heavy (non-hydrogen) atoms. The largest absolute Gasteiger partial charge is 0.493 e. The van der Waals surface area contributed by atoms with Crippen molar-refractivity contribution in [3.63, 3.8) is 0 Å². The minimum Gasteiger partial charge on any atom is -0.493 e. The lowest BCUT2D eigenvalue weighted by atomic mass is 10.1. The first-order valence-electron chi connectivity index (χ1n) is 9.84. The number of terminal acetylenes is 1. The summed E-state index contributed by atoms with van der Waals surface area (Å²) in [6.07, 6.45) is 6.90. The Morgan fingerprint density at radius 1 is 1.10 bits per heavy atom. The summed E-state index contributed by atoms with van der Waals surface area (Å²) in [6.45, 7) is 3.11. The number of aryl methyl sites for hydroxylation is 1. The monoisotopic (exact) mass is 395 g/mol. The molecule has 0 heterocycles. The third-order valence-electron chi connectivity index (χ3n) is 4.45. The zero-order chi connectivity index (χ0) is 20.9. The zero-order valence-corrected chi connectivity index (χ0v) is 17.1. The smallest absolute Gasteiger partial charge is 0.249 e. The van der Waals surface area contributed by atoms with E-state index in [1.807, 2.05) is 43.3 Å². The number of methoxy groups -OCH3 is 1. The molecular weight excluding hydrogens is 366 g/mol. The average molecular weight is 395 g/mol. The van der Waals surface area contributed by atoms with Crippen LogP contribution in [0.3, 0.4) is 0 Å². The Balaban J connectivity index is 1.85. The van der Waals surface area contributed by atoms with Gasteiger partial charge < -0.3 is 19.5 Å². The Hall–Kier alpha value is -2.97. The van der Waals surface area contributed by atoms with Crippen LogP contribution in [0.4, 0.5) is 0 Å². The van der Waals surface area contributed by atoms with Gasteiger partial charge >= 0.3 is 0 Å². The SMILES string of the molecule is C#CCOc1ccc(CCNC(=O)[C@@H](CCc2ccccc2)OCC)cc1OC. The molecule has 2 aromatic carbocycles. The highest BCUT2D eigenvalue weighted by Crippen LogP contribution is 2.28. The van der Waals surface area contributed by atoms with Crippen molar-refractivity contribution >= 4 is 5.91 Å². The van der Waals surface area contributed by atoms with Crippen molar-refractivity contribution in [3.05, 3.63) is 59.7 Å². The molecule has 0 saturated carbocycles. The Morgan fingerprint density at radius 3 is 2.59 bits per heavy atom. The van der Waals surface area contributed by atoms with E-state index in [2.05, 4.69) is 23.4 Å². The second kappa shape index (κ2) is 12.5. The van der Waals surface area contributed by atoms with E-state index in [4.69, 9.17) is 20.6 Å². The topological polar surface area (TPSA) is 56.8 Å². The summed E-state index contributed by atoms with van der Waals surface area (Å²) in [5.41, 5.74) is 2.23. The predicted octanol–water partition coefficient (Wildman–Crippen LogP) is 3.40. The van der Waals surface area contributed by atoms with Gasteiger partial charge in [0.05, 0.1) is 7.11 Å². The summed E-state index contributed by atoms with van der Waals surface area (Å²) >= 11 is 0. The van der Waals surface area contributed by atoms with Crippen LogP contribution >= 0.6 is 0 Å². The molecule has 0 aliphatic rings. The molecule has 0 aliphatic carbocycles.